The SMILES string of the molecule is Cn1c(=O)c2[nH]c(C[NH2+]Cc3ccccc3Cl)nc2n(C)c1=O. The fraction of sp³-hybridized carbons (Fsp3) is 0.267. The van der Waals surface area contributed by atoms with Gasteiger partial charge in [-0.2, -0.15) is 0 Å². The van der Waals surface area contributed by atoms with Crippen molar-refractivity contribution < 1.29 is 5.32 Å². The molecule has 0 radical (unpaired) electrons. The van der Waals surface area contributed by atoms with Gasteiger partial charge < -0.3 is 10.3 Å². The van der Waals surface area contributed by atoms with Crippen LogP contribution in [0.25, 0.3) is 11.2 Å². The quantitative estimate of drug-likeness (QED) is 0.697. The summed E-state index contributed by atoms with van der Waals surface area (Å²) in [4.78, 5) is 31.4. The fourth-order valence-electron chi connectivity index (χ4n) is 2.50. The molecule has 0 saturated carbocycles. The van der Waals surface area contributed by atoms with E-state index in [0.29, 0.717) is 30.1 Å². The van der Waals surface area contributed by atoms with E-state index in [1.807, 2.05) is 29.6 Å². The summed E-state index contributed by atoms with van der Waals surface area (Å²) in [5.41, 5.74) is 0.997. The summed E-state index contributed by atoms with van der Waals surface area (Å²) in [6.45, 7) is 1.25. The Balaban J connectivity index is 1.84. The molecule has 3 rings (SSSR count). The summed E-state index contributed by atoms with van der Waals surface area (Å²) >= 11 is 6.12. The van der Waals surface area contributed by atoms with Crippen LogP contribution in [0, 0.1) is 0 Å². The maximum atomic E-state index is 12.1. The van der Waals surface area contributed by atoms with Crippen LogP contribution in [0.3, 0.4) is 0 Å². The van der Waals surface area contributed by atoms with Crippen LogP contribution < -0.4 is 16.6 Å². The summed E-state index contributed by atoms with van der Waals surface area (Å²) < 4.78 is 2.43. The fourth-order valence-corrected chi connectivity index (χ4v) is 2.71. The van der Waals surface area contributed by atoms with Crippen LogP contribution in [0.1, 0.15) is 11.4 Å². The van der Waals surface area contributed by atoms with Crippen LogP contribution in [-0.4, -0.2) is 19.1 Å². The van der Waals surface area contributed by atoms with E-state index < -0.39 is 0 Å². The summed E-state index contributed by atoms with van der Waals surface area (Å²) in [6.07, 6.45) is 0. The van der Waals surface area contributed by atoms with Crippen molar-refractivity contribution in [1.82, 2.24) is 19.1 Å². The first-order chi connectivity index (χ1) is 11.0. The molecule has 0 aliphatic carbocycles. The second-order valence-corrected chi connectivity index (χ2v) is 5.78. The van der Waals surface area contributed by atoms with Crippen LogP contribution in [0.5, 0.6) is 0 Å². The van der Waals surface area contributed by atoms with Crippen LogP contribution in [0.4, 0.5) is 0 Å². The summed E-state index contributed by atoms with van der Waals surface area (Å²) in [7, 11) is 3.05. The first-order valence-corrected chi connectivity index (χ1v) is 7.56. The lowest BCUT2D eigenvalue weighted by Gasteiger charge is -2.02. The number of nitrogens with two attached hydrogens (primary N) is 1. The number of aromatic nitrogens is 4. The molecule has 0 aliphatic rings. The standard InChI is InChI=1S/C15H16ClN5O2/c1-20-13-12(14(22)21(2)15(20)23)18-11(19-13)8-17-7-9-5-3-4-6-10(9)16/h3-6,17H,7-8H2,1-2H3,(H,18,19)/p+1. The highest BCUT2D eigenvalue weighted by Gasteiger charge is 2.14. The minimum atomic E-state index is -0.388. The normalized spacial score (nSPS) is 11.3. The molecule has 0 spiro atoms. The summed E-state index contributed by atoms with van der Waals surface area (Å²) in [6, 6.07) is 7.65. The number of halogens is 1. The number of hydrogen-bond donors (Lipinski definition) is 2. The Hall–Kier alpha value is -2.38. The van der Waals surface area contributed by atoms with Crippen LogP contribution in [-0.2, 0) is 27.2 Å². The van der Waals surface area contributed by atoms with E-state index in [4.69, 9.17) is 11.6 Å². The van der Waals surface area contributed by atoms with Gasteiger partial charge in [0.1, 0.15) is 18.6 Å². The molecular weight excluding hydrogens is 318 g/mol. The van der Waals surface area contributed by atoms with Gasteiger partial charge in [-0.3, -0.25) is 13.9 Å². The molecule has 23 heavy (non-hydrogen) atoms. The molecule has 0 unspecified atom stereocenters. The van der Waals surface area contributed by atoms with Gasteiger partial charge in [-0.05, 0) is 6.07 Å². The number of quaternary nitrogens is 1. The zero-order valence-corrected chi connectivity index (χ0v) is 13.6. The number of rotatable bonds is 4. The first kappa shape index (κ1) is 15.5. The van der Waals surface area contributed by atoms with Crippen molar-refractivity contribution >= 4 is 22.8 Å². The van der Waals surface area contributed by atoms with E-state index in [0.717, 1.165) is 15.2 Å². The van der Waals surface area contributed by atoms with Gasteiger partial charge in [0.05, 0.1) is 0 Å². The number of nitrogens with zero attached hydrogens (tertiary/aromatic N) is 3. The Morgan fingerprint density at radius 3 is 2.65 bits per heavy atom. The summed E-state index contributed by atoms with van der Waals surface area (Å²) in [5, 5.41) is 2.76. The van der Waals surface area contributed by atoms with Crippen molar-refractivity contribution in [3.8, 4) is 0 Å². The molecule has 0 aliphatic heterocycles. The lowest BCUT2D eigenvalue weighted by atomic mass is 10.2. The molecule has 8 heteroatoms. The van der Waals surface area contributed by atoms with Gasteiger partial charge in [-0.25, -0.2) is 9.78 Å². The number of benzene rings is 1. The molecule has 7 nitrogen and oxygen atoms in total. The Morgan fingerprint density at radius 2 is 1.91 bits per heavy atom. The van der Waals surface area contributed by atoms with Crippen molar-refractivity contribution in [2.75, 3.05) is 0 Å². The minimum absolute atomic E-state index is 0.343. The molecule has 0 saturated heterocycles. The van der Waals surface area contributed by atoms with Crippen LogP contribution in [0.2, 0.25) is 5.02 Å². The lowest BCUT2D eigenvalue weighted by Crippen LogP contribution is -2.81. The third-order valence-corrected chi connectivity index (χ3v) is 4.17. The number of fused-ring (bicyclic) bond motifs is 1. The van der Waals surface area contributed by atoms with Crippen molar-refractivity contribution in [3.05, 3.63) is 61.5 Å². The van der Waals surface area contributed by atoms with Gasteiger partial charge in [0, 0.05) is 24.7 Å². The number of H-pyrrole nitrogens is 1. The summed E-state index contributed by atoms with van der Waals surface area (Å²) in [5.74, 6) is 0.644. The Kier molecular flexibility index (Phi) is 4.06. The predicted octanol–water partition coefficient (Wildman–Crippen LogP) is -0.123. The maximum absolute atomic E-state index is 12.1. The number of nitrogens with one attached hydrogen (secondary N) is 1. The number of aryl methyl sites for hydroxylation is 1. The van der Waals surface area contributed by atoms with Gasteiger partial charge in [0.15, 0.2) is 11.5 Å². The highest BCUT2D eigenvalue weighted by molar-refractivity contribution is 6.31. The largest absolute Gasteiger partial charge is 0.336 e. The zero-order valence-electron chi connectivity index (χ0n) is 12.8. The predicted molar refractivity (Wildman–Crippen MR) is 87.4 cm³/mol. The molecule has 1 aromatic carbocycles. The Morgan fingerprint density at radius 1 is 1.17 bits per heavy atom. The van der Waals surface area contributed by atoms with Crippen LogP contribution in [0.15, 0.2) is 33.9 Å². The Labute approximate surface area is 136 Å². The van der Waals surface area contributed by atoms with E-state index in [1.54, 1.807) is 7.05 Å². The van der Waals surface area contributed by atoms with Crippen molar-refractivity contribution in [1.29, 1.82) is 0 Å². The van der Waals surface area contributed by atoms with Gasteiger partial charge >= 0.3 is 5.69 Å². The highest BCUT2D eigenvalue weighted by Crippen LogP contribution is 2.13. The van der Waals surface area contributed by atoms with Crippen molar-refractivity contribution in [2.45, 2.75) is 13.1 Å². The van der Waals surface area contributed by atoms with Gasteiger partial charge in [0.25, 0.3) is 5.56 Å². The minimum Gasteiger partial charge on any atom is -0.336 e. The second kappa shape index (κ2) is 6.02. The van der Waals surface area contributed by atoms with Crippen LogP contribution >= 0.6 is 11.6 Å². The molecule has 2 aromatic heterocycles. The molecule has 3 N–H and O–H groups in total. The Bertz CT molecular complexity index is 986. The number of imidazole rings is 1. The average Bonchev–Trinajstić information content (AvgIpc) is 2.97. The topological polar surface area (TPSA) is 89.3 Å². The van der Waals surface area contributed by atoms with E-state index in [1.165, 1.54) is 11.6 Å². The average molecular weight is 335 g/mol. The van der Waals surface area contributed by atoms with Gasteiger partial charge in [-0.15, -0.1) is 0 Å². The third kappa shape index (κ3) is 2.80. The number of hydrogen-bond acceptors (Lipinski definition) is 3. The molecule has 2 heterocycles. The zero-order chi connectivity index (χ0) is 16.6. The molecule has 0 atom stereocenters. The smallest absolute Gasteiger partial charge is 0.332 e. The van der Waals surface area contributed by atoms with E-state index in [-0.39, 0.29) is 11.2 Å². The van der Waals surface area contributed by atoms with E-state index in [2.05, 4.69) is 9.97 Å². The molecular formula is C15H17ClN5O2+. The van der Waals surface area contributed by atoms with Gasteiger partial charge in [0.2, 0.25) is 0 Å². The molecule has 120 valence electrons. The maximum Gasteiger partial charge on any atom is 0.332 e. The molecule has 3 aromatic rings. The first-order valence-electron chi connectivity index (χ1n) is 7.18. The van der Waals surface area contributed by atoms with Crippen molar-refractivity contribution in [3.63, 3.8) is 0 Å². The van der Waals surface area contributed by atoms with E-state index in [9.17, 15) is 9.59 Å². The molecule has 0 bridgehead atoms. The van der Waals surface area contributed by atoms with Crippen molar-refractivity contribution in [2.24, 2.45) is 14.1 Å². The number of aromatic amines is 1. The van der Waals surface area contributed by atoms with Gasteiger partial charge in [-0.1, -0.05) is 29.8 Å². The highest BCUT2D eigenvalue weighted by atomic mass is 35.5. The third-order valence-electron chi connectivity index (χ3n) is 3.80. The lowest BCUT2D eigenvalue weighted by molar-refractivity contribution is -0.687. The monoisotopic (exact) mass is 334 g/mol. The second-order valence-electron chi connectivity index (χ2n) is 5.38. The van der Waals surface area contributed by atoms with E-state index >= 15 is 0 Å². The molecule has 0 fully saturated rings. The molecule has 0 amide bonds.